The number of halogens is 1. The Morgan fingerprint density at radius 3 is 2.38 bits per heavy atom. The van der Waals surface area contributed by atoms with Crippen LogP contribution in [0.1, 0.15) is 37.5 Å². The monoisotopic (exact) mass is 353 g/mol. The van der Waals surface area contributed by atoms with Crippen molar-refractivity contribution in [2.45, 2.75) is 26.2 Å². The van der Waals surface area contributed by atoms with Gasteiger partial charge < -0.3 is 9.47 Å². The van der Waals surface area contributed by atoms with Crippen LogP contribution in [0.25, 0.3) is 6.08 Å². The van der Waals surface area contributed by atoms with Crippen molar-refractivity contribution >= 4 is 17.9 Å². The maximum atomic E-state index is 13.8. The van der Waals surface area contributed by atoms with Crippen molar-refractivity contribution in [3.8, 4) is 5.75 Å². The van der Waals surface area contributed by atoms with E-state index in [1.54, 1.807) is 6.07 Å². The summed E-state index contributed by atoms with van der Waals surface area (Å²) in [6.45, 7) is 6.39. The molecule has 0 fully saturated rings. The van der Waals surface area contributed by atoms with Gasteiger partial charge in [-0.05, 0) is 46.9 Å². The van der Waals surface area contributed by atoms with E-state index >= 15 is 0 Å². The van der Waals surface area contributed by atoms with Gasteiger partial charge in [0.15, 0.2) is 17.3 Å². The highest BCUT2D eigenvalue weighted by molar-refractivity contribution is 6.12. The van der Waals surface area contributed by atoms with E-state index in [2.05, 4.69) is 25.8 Å². The van der Waals surface area contributed by atoms with Crippen LogP contribution in [0.15, 0.2) is 53.2 Å². The zero-order chi connectivity index (χ0) is 18.9. The summed E-state index contributed by atoms with van der Waals surface area (Å²) in [5.74, 6) is -0.675. The number of methoxy groups -OCH3 is 1. The molecule has 0 N–H and O–H groups in total. The fourth-order valence-corrected chi connectivity index (χ4v) is 2.58. The second-order valence-electron chi connectivity index (χ2n) is 7.06. The van der Waals surface area contributed by atoms with E-state index in [9.17, 15) is 9.18 Å². The zero-order valence-electron chi connectivity index (χ0n) is 15.2. The Labute approximate surface area is 152 Å². The number of esters is 1. The smallest absolute Gasteiger partial charge is 0.363 e. The summed E-state index contributed by atoms with van der Waals surface area (Å²) >= 11 is 0. The van der Waals surface area contributed by atoms with E-state index in [4.69, 9.17) is 9.47 Å². The van der Waals surface area contributed by atoms with E-state index in [1.807, 2.05) is 24.3 Å². The number of cyclic esters (lactones) is 1. The molecule has 0 saturated heterocycles. The molecule has 0 saturated carbocycles. The summed E-state index contributed by atoms with van der Waals surface area (Å²) < 4.78 is 23.9. The van der Waals surface area contributed by atoms with Crippen molar-refractivity contribution in [2.24, 2.45) is 4.99 Å². The van der Waals surface area contributed by atoms with Crippen LogP contribution >= 0.6 is 0 Å². The highest BCUT2D eigenvalue weighted by Gasteiger charge is 2.24. The van der Waals surface area contributed by atoms with E-state index in [0.717, 1.165) is 5.56 Å². The van der Waals surface area contributed by atoms with Crippen LogP contribution in [0.4, 0.5) is 4.39 Å². The lowest BCUT2D eigenvalue weighted by Gasteiger charge is -2.18. The molecule has 0 bridgehead atoms. The summed E-state index contributed by atoms with van der Waals surface area (Å²) in [4.78, 5) is 16.3. The summed E-state index contributed by atoms with van der Waals surface area (Å²) in [6.07, 6.45) is 1.49. The van der Waals surface area contributed by atoms with Crippen LogP contribution in [0, 0.1) is 5.82 Å². The van der Waals surface area contributed by atoms with Crippen molar-refractivity contribution < 1.29 is 18.7 Å². The van der Waals surface area contributed by atoms with Gasteiger partial charge in [0.1, 0.15) is 0 Å². The number of aliphatic imine (C=N–C) groups is 1. The molecule has 0 aromatic heterocycles. The fourth-order valence-electron chi connectivity index (χ4n) is 2.58. The van der Waals surface area contributed by atoms with Gasteiger partial charge in [0.05, 0.1) is 7.11 Å². The SMILES string of the molecule is COc1ccc(/C=C2/N=C(c3ccc(C(C)(C)C)cc3)OC2=O)cc1F. The topological polar surface area (TPSA) is 47.9 Å². The first-order valence-corrected chi connectivity index (χ1v) is 8.25. The van der Waals surface area contributed by atoms with Crippen molar-refractivity contribution in [1.82, 2.24) is 0 Å². The molecule has 0 radical (unpaired) electrons. The van der Waals surface area contributed by atoms with Crippen LogP contribution in [-0.2, 0) is 14.9 Å². The number of hydrogen-bond donors (Lipinski definition) is 0. The van der Waals surface area contributed by atoms with Crippen LogP contribution in [0.3, 0.4) is 0 Å². The zero-order valence-corrected chi connectivity index (χ0v) is 15.2. The molecule has 0 atom stereocenters. The molecular formula is C21H20FNO3. The van der Waals surface area contributed by atoms with Crippen molar-refractivity contribution in [2.75, 3.05) is 7.11 Å². The Kier molecular flexibility index (Phi) is 4.64. The summed E-state index contributed by atoms with van der Waals surface area (Å²) in [6, 6.07) is 12.2. The average molecular weight is 353 g/mol. The number of rotatable bonds is 3. The standard InChI is InChI=1S/C21H20FNO3/c1-21(2,3)15-8-6-14(7-9-15)19-23-17(20(24)26-19)12-13-5-10-18(25-4)16(22)11-13/h5-12H,1-4H3/b17-12+. The van der Waals surface area contributed by atoms with E-state index in [1.165, 1.54) is 30.9 Å². The molecular weight excluding hydrogens is 333 g/mol. The number of hydrogen-bond acceptors (Lipinski definition) is 4. The lowest BCUT2D eigenvalue weighted by molar-refractivity contribution is -0.129. The molecule has 3 rings (SSSR count). The lowest BCUT2D eigenvalue weighted by atomic mass is 9.87. The van der Waals surface area contributed by atoms with Crippen LogP contribution in [0.5, 0.6) is 5.75 Å². The second kappa shape index (κ2) is 6.75. The molecule has 4 nitrogen and oxygen atoms in total. The van der Waals surface area contributed by atoms with Gasteiger partial charge in [-0.1, -0.05) is 39.0 Å². The van der Waals surface area contributed by atoms with Crippen LogP contribution in [-0.4, -0.2) is 19.0 Å². The molecule has 134 valence electrons. The molecule has 0 amide bonds. The third kappa shape index (κ3) is 3.67. The molecule has 5 heteroatoms. The molecule has 2 aromatic rings. The first-order chi connectivity index (χ1) is 12.3. The van der Waals surface area contributed by atoms with Gasteiger partial charge in [-0.3, -0.25) is 0 Å². The van der Waals surface area contributed by atoms with Crippen molar-refractivity contribution in [3.05, 3.63) is 70.7 Å². The normalized spacial score (nSPS) is 15.8. The highest BCUT2D eigenvalue weighted by atomic mass is 19.1. The summed E-state index contributed by atoms with van der Waals surface area (Å²) in [5, 5.41) is 0. The van der Waals surface area contributed by atoms with Gasteiger partial charge in [-0.2, -0.15) is 0 Å². The molecule has 26 heavy (non-hydrogen) atoms. The Hall–Kier alpha value is -2.95. The van der Waals surface area contributed by atoms with Crippen molar-refractivity contribution in [1.29, 1.82) is 0 Å². The van der Waals surface area contributed by atoms with Gasteiger partial charge in [0, 0.05) is 5.56 Å². The first kappa shape index (κ1) is 17.9. The minimum atomic E-state index is -0.559. The van der Waals surface area contributed by atoms with Crippen molar-refractivity contribution in [3.63, 3.8) is 0 Å². The quantitative estimate of drug-likeness (QED) is 0.604. The third-order valence-electron chi connectivity index (χ3n) is 4.10. The average Bonchev–Trinajstić information content (AvgIpc) is 2.95. The van der Waals surface area contributed by atoms with E-state index in [-0.39, 0.29) is 22.8 Å². The fraction of sp³-hybridized carbons (Fsp3) is 0.238. The largest absolute Gasteiger partial charge is 0.494 e. The maximum Gasteiger partial charge on any atom is 0.363 e. The van der Waals surface area contributed by atoms with Gasteiger partial charge in [-0.15, -0.1) is 0 Å². The highest BCUT2D eigenvalue weighted by Crippen LogP contribution is 2.25. The van der Waals surface area contributed by atoms with Gasteiger partial charge >= 0.3 is 5.97 Å². The van der Waals surface area contributed by atoms with E-state index < -0.39 is 11.8 Å². The Morgan fingerprint density at radius 2 is 1.81 bits per heavy atom. The number of nitrogens with zero attached hydrogens (tertiary/aromatic N) is 1. The predicted octanol–water partition coefficient (Wildman–Crippen LogP) is 4.48. The molecule has 0 unspecified atom stereocenters. The van der Waals surface area contributed by atoms with Gasteiger partial charge in [0.25, 0.3) is 0 Å². The third-order valence-corrected chi connectivity index (χ3v) is 4.10. The minimum absolute atomic E-state index is 0.0379. The Balaban J connectivity index is 1.88. The van der Waals surface area contributed by atoms with Crippen LogP contribution < -0.4 is 4.74 Å². The minimum Gasteiger partial charge on any atom is -0.494 e. The number of carbonyl (C=O) groups is 1. The number of ether oxygens (including phenoxy) is 2. The molecule has 1 aliphatic rings. The number of carbonyl (C=O) groups excluding carboxylic acids is 1. The molecule has 1 heterocycles. The summed E-state index contributed by atoms with van der Waals surface area (Å²) in [7, 11) is 1.40. The Bertz CT molecular complexity index is 906. The molecule has 0 spiro atoms. The first-order valence-electron chi connectivity index (χ1n) is 8.25. The van der Waals surface area contributed by atoms with Gasteiger partial charge in [0.2, 0.25) is 5.90 Å². The molecule has 1 aliphatic heterocycles. The predicted molar refractivity (Wildman–Crippen MR) is 98.7 cm³/mol. The Morgan fingerprint density at radius 1 is 1.12 bits per heavy atom. The van der Waals surface area contributed by atoms with E-state index in [0.29, 0.717) is 5.56 Å². The second-order valence-corrected chi connectivity index (χ2v) is 7.06. The number of benzene rings is 2. The molecule has 2 aromatic carbocycles. The maximum absolute atomic E-state index is 13.8. The molecule has 0 aliphatic carbocycles. The summed E-state index contributed by atoms with van der Waals surface area (Å²) in [5.41, 5.74) is 2.56. The lowest BCUT2D eigenvalue weighted by Crippen LogP contribution is -2.11. The van der Waals surface area contributed by atoms with Gasteiger partial charge in [-0.25, -0.2) is 14.2 Å². The van der Waals surface area contributed by atoms with Crippen LogP contribution in [0.2, 0.25) is 0 Å².